The Balaban J connectivity index is 2.08. The van der Waals surface area contributed by atoms with E-state index < -0.39 is 0 Å². The van der Waals surface area contributed by atoms with Crippen LogP contribution < -0.4 is 5.32 Å². The van der Waals surface area contributed by atoms with Crippen molar-refractivity contribution in [3.63, 3.8) is 0 Å². The highest BCUT2D eigenvalue weighted by molar-refractivity contribution is 5.50. The Hall–Kier alpha value is -1.97. The zero-order chi connectivity index (χ0) is 11.4. The van der Waals surface area contributed by atoms with Gasteiger partial charge in [0.1, 0.15) is 11.6 Å². The fourth-order valence-corrected chi connectivity index (χ4v) is 1.38. The molecule has 1 aromatic carbocycles. The van der Waals surface area contributed by atoms with Crippen molar-refractivity contribution < 1.29 is 4.39 Å². The summed E-state index contributed by atoms with van der Waals surface area (Å²) in [4.78, 5) is 8.16. The molecule has 0 spiro atoms. The van der Waals surface area contributed by atoms with E-state index in [1.807, 2.05) is 6.92 Å². The Morgan fingerprint density at radius 1 is 1.25 bits per heavy atom. The summed E-state index contributed by atoms with van der Waals surface area (Å²) in [5.74, 6) is 0.438. The highest BCUT2D eigenvalue weighted by Crippen LogP contribution is 2.16. The van der Waals surface area contributed by atoms with Crippen LogP contribution in [-0.2, 0) is 6.54 Å². The van der Waals surface area contributed by atoms with Gasteiger partial charge in [-0.15, -0.1) is 0 Å². The van der Waals surface area contributed by atoms with Crippen molar-refractivity contribution in [2.45, 2.75) is 13.5 Å². The third kappa shape index (κ3) is 2.53. The summed E-state index contributed by atoms with van der Waals surface area (Å²) >= 11 is 0. The Labute approximate surface area is 93.4 Å². The first-order valence-corrected chi connectivity index (χ1v) is 5.01. The molecule has 1 heterocycles. The third-order valence-corrected chi connectivity index (χ3v) is 2.26. The number of aryl methyl sites for hydroxylation is 1. The summed E-state index contributed by atoms with van der Waals surface area (Å²) in [6, 6.07) is 6.41. The van der Waals surface area contributed by atoms with Crippen molar-refractivity contribution >= 4 is 5.69 Å². The number of rotatable bonds is 3. The van der Waals surface area contributed by atoms with Gasteiger partial charge in [-0.05, 0) is 30.7 Å². The molecule has 2 aromatic rings. The number of benzene rings is 1. The highest BCUT2D eigenvalue weighted by Gasteiger charge is 2.00. The van der Waals surface area contributed by atoms with E-state index in [9.17, 15) is 4.39 Å². The maximum atomic E-state index is 13.0. The fourth-order valence-electron chi connectivity index (χ4n) is 1.38. The number of hydrogen-bond acceptors (Lipinski definition) is 3. The second kappa shape index (κ2) is 4.70. The molecule has 0 aliphatic rings. The van der Waals surface area contributed by atoms with Crippen LogP contribution >= 0.6 is 0 Å². The second-order valence-electron chi connectivity index (χ2n) is 3.48. The summed E-state index contributed by atoms with van der Waals surface area (Å²) in [7, 11) is 0. The van der Waals surface area contributed by atoms with Gasteiger partial charge in [-0.25, -0.2) is 14.4 Å². The molecule has 0 bridgehead atoms. The number of anilines is 1. The van der Waals surface area contributed by atoms with Crippen molar-refractivity contribution in [1.29, 1.82) is 0 Å². The predicted octanol–water partition coefficient (Wildman–Crippen LogP) is 2.54. The van der Waals surface area contributed by atoms with Crippen LogP contribution in [0.15, 0.2) is 36.7 Å². The average Bonchev–Trinajstić information content (AvgIpc) is 2.32. The standard InChI is InChI=1S/C12H12FN3/c1-9-3-4-10(13)7-11(9)16-8-12-14-5-2-6-15-12/h2-7,16H,8H2,1H3. The van der Waals surface area contributed by atoms with Gasteiger partial charge in [-0.3, -0.25) is 0 Å². The zero-order valence-electron chi connectivity index (χ0n) is 8.94. The number of aromatic nitrogens is 2. The molecule has 1 aromatic heterocycles. The van der Waals surface area contributed by atoms with E-state index in [-0.39, 0.29) is 5.82 Å². The first-order valence-electron chi connectivity index (χ1n) is 5.01. The zero-order valence-corrected chi connectivity index (χ0v) is 8.94. The lowest BCUT2D eigenvalue weighted by Gasteiger charge is -2.08. The van der Waals surface area contributed by atoms with Gasteiger partial charge in [0.25, 0.3) is 0 Å². The smallest absolute Gasteiger partial charge is 0.147 e. The predicted molar refractivity (Wildman–Crippen MR) is 60.5 cm³/mol. The van der Waals surface area contributed by atoms with E-state index in [0.29, 0.717) is 12.4 Å². The Morgan fingerprint density at radius 2 is 2.00 bits per heavy atom. The van der Waals surface area contributed by atoms with Gasteiger partial charge in [0.2, 0.25) is 0 Å². The molecule has 4 heteroatoms. The van der Waals surface area contributed by atoms with Crippen LogP contribution in [-0.4, -0.2) is 9.97 Å². The van der Waals surface area contributed by atoms with Crippen LogP contribution in [0.4, 0.5) is 10.1 Å². The van der Waals surface area contributed by atoms with Crippen molar-refractivity contribution in [2.24, 2.45) is 0 Å². The lowest BCUT2D eigenvalue weighted by molar-refractivity contribution is 0.627. The van der Waals surface area contributed by atoms with Crippen molar-refractivity contribution in [3.05, 3.63) is 53.9 Å². The summed E-state index contributed by atoms with van der Waals surface area (Å²) in [5, 5.41) is 3.11. The first kappa shape index (κ1) is 10.5. The van der Waals surface area contributed by atoms with Gasteiger partial charge < -0.3 is 5.32 Å². The summed E-state index contributed by atoms with van der Waals surface area (Å²) in [5.41, 5.74) is 1.77. The molecule has 0 aliphatic heterocycles. The molecule has 0 amide bonds. The van der Waals surface area contributed by atoms with Gasteiger partial charge in [-0.2, -0.15) is 0 Å². The van der Waals surface area contributed by atoms with Gasteiger partial charge in [-0.1, -0.05) is 6.07 Å². The molecule has 0 saturated heterocycles. The van der Waals surface area contributed by atoms with Crippen molar-refractivity contribution in [2.75, 3.05) is 5.32 Å². The minimum atomic E-state index is -0.248. The van der Waals surface area contributed by atoms with Crippen LogP contribution in [0.5, 0.6) is 0 Å². The second-order valence-corrected chi connectivity index (χ2v) is 3.48. The number of nitrogens with one attached hydrogen (secondary N) is 1. The molecule has 0 radical (unpaired) electrons. The molecule has 0 unspecified atom stereocenters. The Kier molecular flexibility index (Phi) is 3.10. The monoisotopic (exact) mass is 217 g/mol. The van der Waals surface area contributed by atoms with Crippen LogP contribution in [0.3, 0.4) is 0 Å². The number of nitrogens with zero attached hydrogens (tertiary/aromatic N) is 2. The SMILES string of the molecule is Cc1ccc(F)cc1NCc1ncccn1. The topological polar surface area (TPSA) is 37.8 Å². The lowest BCUT2D eigenvalue weighted by Crippen LogP contribution is -2.04. The van der Waals surface area contributed by atoms with E-state index >= 15 is 0 Å². The molecule has 0 saturated carbocycles. The van der Waals surface area contributed by atoms with Crippen molar-refractivity contribution in [3.8, 4) is 0 Å². The third-order valence-electron chi connectivity index (χ3n) is 2.26. The van der Waals surface area contributed by atoms with E-state index in [1.54, 1.807) is 24.5 Å². The number of hydrogen-bond donors (Lipinski definition) is 1. The minimum absolute atomic E-state index is 0.248. The molecular formula is C12H12FN3. The summed E-state index contributed by atoms with van der Waals surface area (Å²) < 4.78 is 13.0. The molecule has 1 N–H and O–H groups in total. The summed E-state index contributed by atoms with van der Waals surface area (Å²) in [6.07, 6.45) is 3.37. The molecule has 0 atom stereocenters. The minimum Gasteiger partial charge on any atom is -0.377 e. The fraction of sp³-hybridized carbons (Fsp3) is 0.167. The molecule has 2 rings (SSSR count). The quantitative estimate of drug-likeness (QED) is 0.858. The van der Waals surface area contributed by atoms with E-state index in [4.69, 9.17) is 0 Å². The van der Waals surface area contributed by atoms with Crippen LogP contribution in [0.25, 0.3) is 0 Å². The van der Waals surface area contributed by atoms with Crippen LogP contribution in [0, 0.1) is 12.7 Å². The van der Waals surface area contributed by atoms with Crippen LogP contribution in [0.2, 0.25) is 0 Å². The normalized spacial score (nSPS) is 10.1. The molecule has 0 fully saturated rings. The van der Waals surface area contributed by atoms with E-state index in [2.05, 4.69) is 15.3 Å². The lowest BCUT2D eigenvalue weighted by atomic mass is 10.2. The largest absolute Gasteiger partial charge is 0.377 e. The maximum absolute atomic E-state index is 13.0. The van der Waals surface area contributed by atoms with E-state index in [0.717, 1.165) is 11.3 Å². The Bertz CT molecular complexity index is 471. The average molecular weight is 217 g/mol. The van der Waals surface area contributed by atoms with Gasteiger partial charge >= 0.3 is 0 Å². The van der Waals surface area contributed by atoms with Crippen LogP contribution in [0.1, 0.15) is 11.4 Å². The van der Waals surface area contributed by atoms with Gasteiger partial charge in [0, 0.05) is 18.1 Å². The molecule has 0 aliphatic carbocycles. The molecular weight excluding hydrogens is 205 g/mol. The van der Waals surface area contributed by atoms with Gasteiger partial charge in [0.15, 0.2) is 0 Å². The highest BCUT2D eigenvalue weighted by atomic mass is 19.1. The van der Waals surface area contributed by atoms with E-state index in [1.165, 1.54) is 12.1 Å². The Morgan fingerprint density at radius 3 is 2.75 bits per heavy atom. The molecule has 16 heavy (non-hydrogen) atoms. The molecule has 3 nitrogen and oxygen atoms in total. The van der Waals surface area contributed by atoms with Crippen molar-refractivity contribution in [1.82, 2.24) is 9.97 Å². The summed E-state index contributed by atoms with van der Waals surface area (Å²) in [6.45, 7) is 2.42. The first-order chi connectivity index (χ1) is 7.75. The number of halogens is 1. The van der Waals surface area contributed by atoms with Gasteiger partial charge in [0.05, 0.1) is 6.54 Å². The molecule has 82 valence electrons. The maximum Gasteiger partial charge on any atom is 0.147 e.